The molecule has 0 bridgehead atoms. The van der Waals surface area contributed by atoms with Gasteiger partial charge in [0.15, 0.2) is 14.9 Å². The van der Waals surface area contributed by atoms with E-state index in [2.05, 4.69) is 4.98 Å². The van der Waals surface area contributed by atoms with Crippen molar-refractivity contribution < 1.29 is 8.42 Å². The highest BCUT2D eigenvalue weighted by Crippen LogP contribution is 2.14. The summed E-state index contributed by atoms with van der Waals surface area (Å²) in [6, 6.07) is 0. The second-order valence-electron chi connectivity index (χ2n) is 2.11. The van der Waals surface area contributed by atoms with Crippen molar-refractivity contribution in [3.63, 3.8) is 0 Å². The van der Waals surface area contributed by atoms with Crippen LogP contribution in [0.3, 0.4) is 0 Å². The molecule has 0 radical (unpaired) electrons. The Bertz CT molecular complexity index is 339. The van der Waals surface area contributed by atoms with Gasteiger partial charge in [-0.15, -0.1) is 11.3 Å². The van der Waals surface area contributed by atoms with E-state index in [9.17, 15) is 8.42 Å². The standard InChI is InChI=1S/C6H9NO2S2/c1-3-11(8,9)6-4-10-5(2)7-6/h4H,3H2,1-2H3. The van der Waals surface area contributed by atoms with Gasteiger partial charge < -0.3 is 0 Å². The molecule has 11 heavy (non-hydrogen) atoms. The average Bonchev–Trinajstić information content (AvgIpc) is 2.36. The normalized spacial score (nSPS) is 11.8. The zero-order valence-corrected chi connectivity index (χ0v) is 8.00. The first-order valence-electron chi connectivity index (χ1n) is 3.21. The Hall–Kier alpha value is -0.420. The SMILES string of the molecule is CCS(=O)(=O)c1csc(C)n1. The molecule has 1 rings (SSSR count). The van der Waals surface area contributed by atoms with Gasteiger partial charge in [0.1, 0.15) is 0 Å². The van der Waals surface area contributed by atoms with Crippen LogP contribution in [-0.2, 0) is 9.84 Å². The van der Waals surface area contributed by atoms with E-state index in [4.69, 9.17) is 0 Å². The molecule has 0 aliphatic carbocycles. The van der Waals surface area contributed by atoms with Gasteiger partial charge in [-0.05, 0) is 6.92 Å². The highest BCUT2D eigenvalue weighted by atomic mass is 32.2. The molecule has 0 atom stereocenters. The summed E-state index contributed by atoms with van der Waals surface area (Å²) in [7, 11) is -3.08. The van der Waals surface area contributed by atoms with Crippen LogP contribution in [0.15, 0.2) is 10.4 Å². The van der Waals surface area contributed by atoms with Crippen LogP contribution in [0.1, 0.15) is 11.9 Å². The molecular formula is C6H9NO2S2. The maximum absolute atomic E-state index is 11.2. The third kappa shape index (κ3) is 1.78. The van der Waals surface area contributed by atoms with Gasteiger partial charge in [0.2, 0.25) is 0 Å². The average molecular weight is 191 g/mol. The Labute approximate surface area is 70.0 Å². The van der Waals surface area contributed by atoms with Gasteiger partial charge in [0.25, 0.3) is 0 Å². The van der Waals surface area contributed by atoms with Crippen molar-refractivity contribution in [2.75, 3.05) is 5.75 Å². The Morgan fingerprint density at radius 3 is 2.64 bits per heavy atom. The van der Waals surface area contributed by atoms with Gasteiger partial charge in [-0.3, -0.25) is 0 Å². The molecule has 0 saturated carbocycles. The number of aromatic nitrogens is 1. The predicted octanol–water partition coefficient (Wildman–Crippen LogP) is 1.25. The van der Waals surface area contributed by atoms with Crippen molar-refractivity contribution in [3.05, 3.63) is 10.4 Å². The van der Waals surface area contributed by atoms with E-state index < -0.39 is 9.84 Å². The van der Waals surface area contributed by atoms with Crippen molar-refractivity contribution >= 4 is 21.2 Å². The maximum atomic E-state index is 11.2. The van der Waals surface area contributed by atoms with Gasteiger partial charge in [0, 0.05) is 5.38 Å². The van der Waals surface area contributed by atoms with E-state index >= 15 is 0 Å². The number of rotatable bonds is 2. The van der Waals surface area contributed by atoms with Gasteiger partial charge in [-0.2, -0.15) is 0 Å². The molecule has 1 aromatic heterocycles. The summed E-state index contributed by atoms with van der Waals surface area (Å²) in [6.07, 6.45) is 0. The molecule has 0 saturated heterocycles. The molecule has 1 aromatic rings. The summed E-state index contributed by atoms with van der Waals surface area (Å²) < 4.78 is 22.3. The summed E-state index contributed by atoms with van der Waals surface area (Å²) in [4.78, 5) is 3.88. The van der Waals surface area contributed by atoms with Crippen molar-refractivity contribution in [2.24, 2.45) is 0 Å². The molecule has 0 amide bonds. The molecule has 1 heterocycles. The molecule has 0 aromatic carbocycles. The molecule has 0 spiro atoms. The highest BCUT2D eigenvalue weighted by Gasteiger charge is 2.13. The van der Waals surface area contributed by atoms with Crippen molar-refractivity contribution in [1.29, 1.82) is 0 Å². The fraction of sp³-hybridized carbons (Fsp3) is 0.500. The Balaban J connectivity index is 3.13. The lowest BCUT2D eigenvalue weighted by atomic mass is 10.8. The number of hydrogen-bond donors (Lipinski definition) is 0. The van der Waals surface area contributed by atoms with Gasteiger partial charge in [0.05, 0.1) is 10.8 Å². The van der Waals surface area contributed by atoms with Gasteiger partial charge in [-0.1, -0.05) is 6.92 Å². The van der Waals surface area contributed by atoms with Crippen LogP contribution in [0.2, 0.25) is 0 Å². The largest absolute Gasteiger partial charge is 0.230 e. The van der Waals surface area contributed by atoms with Crippen LogP contribution < -0.4 is 0 Å². The van der Waals surface area contributed by atoms with Crippen LogP contribution in [0.4, 0.5) is 0 Å². The summed E-state index contributed by atoms with van der Waals surface area (Å²) in [5.41, 5.74) is 0. The fourth-order valence-corrected chi connectivity index (χ4v) is 2.47. The zero-order valence-electron chi connectivity index (χ0n) is 6.36. The van der Waals surface area contributed by atoms with Crippen molar-refractivity contribution in [3.8, 4) is 0 Å². The zero-order chi connectivity index (χ0) is 8.48. The number of aryl methyl sites for hydroxylation is 1. The monoisotopic (exact) mass is 191 g/mol. The van der Waals surface area contributed by atoms with Crippen molar-refractivity contribution in [2.45, 2.75) is 18.9 Å². The minimum absolute atomic E-state index is 0.121. The molecule has 0 fully saturated rings. The number of sulfone groups is 1. The summed E-state index contributed by atoms with van der Waals surface area (Å²) in [5, 5.41) is 2.58. The lowest BCUT2D eigenvalue weighted by Crippen LogP contribution is -2.03. The molecule has 0 N–H and O–H groups in total. The second kappa shape index (κ2) is 2.91. The van der Waals surface area contributed by atoms with E-state index in [-0.39, 0.29) is 10.8 Å². The molecule has 3 nitrogen and oxygen atoms in total. The topological polar surface area (TPSA) is 47.0 Å². The van der Waals surface area contributed by atoms with Crippen LogP contribution >= 0.6 is 11.3 Å². The van der Waals surface area contributed by atoms with E-state index in [1.54, 1.807) is 19.2 Å². The number of nitrogens with zero attached hydrogens (tertiary/aromatic N) is 1. The van der Waals surface area contributed by atoms with Gasteiger partial charge >= 0.3 is 0 Å². The Kier molecular flexibility index (Phi) is 2.29. The third-order valence-corrected chi connectivity index (χ3v) is 3.83. The minimum Gasteiger partial charge on any atom is -0.230 e. The maximum Gasteiger partial charge on any atom is 0.196 e. The molecule has 0 unspecified atom stereocenters. The first-order valence-corrected chi connectivity index (χ1v) is 5.74. The third-order valence-electron chi connectivity index (χ3n) is 1.30. The van der Waals surface area contributed by atoms with E-state index in [1.165, 1.54) is 11.3 Å². The van der Waals surface area contributed by atoms with Crippen LogP contribution in [-0.4, -0.2) is 19.2 Å². The van der Waals surface area contributed by atoms with E-state index in [0.717, 1.165) is 5.01 Å². The lowest BCUT2D eigenvalue weighted by Gasteiger charge is -1.92. The number of hydrogen-bond acceptors (Lipinski definition) is 4. The first-order chi connectivity index (χ1) is 5.06. The fourth-order valence-electron chi connectivity index (χ4n) is 0.634. The van der Waals surface area contributed by atoms with Crippen molar-refractivity contribution in [1.82, 2.24) is 4.98 Å². The molecule has 5 heteroatoms. The van der Waals surface area contributed by atoms with Crippen LogP contribution in [0, 0.1) is 6.92 Å². The molecule has 62 valence electrons. The predicted molar refractivity (Wildman–Crippen MR) is 44.6 cm³/mol. The van der Waals surface area contributed by atoms with E-state index in [0.29, 0.717) is 0 Å². The summed E-state index contributed by atoms with van der Waals surface area (Å²) in [5.74, 6) is 0.121. The summed E-state index contributed by atoms with van der Waals surface area (Å²) >= 11 is 1.36. The number of thiazole rings is 1. The van der Waals surface area contributed by atoms with Gasteiger partial charge in [-0.25, -0.2) is 13.4 Å². The summed E-state index contributed by atoms with van der Waals surface area (Å²) in [6.45, 7) is 3.41. The molecule has 0 aliphatic heterocycles. The Morgan fingerprint density at radius 1 is 1.64 bits per heavy atom. The van der Waals surface area contributed by atoms with Crippen LogP contribution in [0.25, 0.3) is 0 Å². The van der Waals surface area contributed by atoms with Crippen LogP contribution in [0.5, 0.6) is 0 Å². The Morgan fingerprint density at radius 2 is 2.27 bits per heavy atom. The molecular weight excluding hydrogens is 182 g/mol. The van der Waals surface area contributed by atoms with E-state index in [1.807, 2.05) is 0 Å². The first kappa shape index (κ1) is 8.67. The highest BCUT2D eigenvalue weighted by molar-refractivity contribution is 7.91. The smallest absolute Gasteiger partial charge is 0.196 e. The second-order valence-corrected chi connectivity index (χ2v) is 5.40. The molecule has 0 aliphatic rings. The lowest BCUT2D eigenvalue weighted by molar-refractivity contribution is 0.594. The quantitative estimate of drug-likeness (QED) is 0.706. The minimum atomic E-state index is -3.08.